The molecular formula is C14H19F3N2O. The zero-order chi connectivity index (χ0) is 15.4. The highest BCUT2D eigenvalue weighted by Crippen LogP contribution is 2.27. The molecule has 0 saturated carbocycles. The van der Waals surface area contributed by atoms with Crippen molar-refractivity contribution in [3.8, 4) is 0 Å². The number of alkyl halides is 3. The third-order valence-electron chi connectivity index (χ3n) is 3.40. The third kappa shape index (κ3) is 3.72. The molecular weight excluding hydrogens is 269 g/mol. The Morgan fingerprint density at radius 3 is 2.10 bits per heavy atom. The minimum atomic E-state index is -4.40. The first kappa shape index (κ1) is 16.5. The van der Waals surface area contributed by atoms with Crippen molar-refractivity contribution in [3.63, 3.8) is 0 Å². The maximum absolute atomic E-state index is 12.4. The van der Waals surface area contributed by atoms with Crippen molar-refractivity contribution >= 4 is 5.91 Å². The van der Waals surface area contributed by atoms with Crippen molar-refractivity contribution in [2.24, 2.45) is 5.73 Å². The Labute approximate surface area is 116 Å². The van der Waals surface area contributed by atoms with Gasteiger partial charge in [-0.25, -0.2) is 0 Å². The molecule has 0 aromatic heterocycles. The molecule has 112 valence electrons. The number of benzene rings is 1. The van der Waals surface area contributed by atoms with E-state index in [1.54, 1.807) is 31.2 Å². The van der Waals surface area contributed by atoms with E-state index in [0.29, 0.717) is 5.56 Å². The second kappa shape index (κ2) is 6.26. The van der Waals surface area contributed by atoms with E-state index < -0.39 is 24.2 Å². The van der Waals surface area contributed by atoms with Crippen molar-refractivity contribution in [1.29, 1.82) is 0 Å². The van der Waals surface area contributed by atoms with Crippen LogP contribution >= 0.6 is 0 Å². The lowest BCUT2D eigenvalue weighted by molar-refractivity contribution is -0.136. The zero-order valence-electron chi connectivity index (χ0n) is 11.6. The Bertz CT molecular complexity index is 456. The van der Waals surface area contributed by atoms with Gasteiger partial charge in [-0.2, -0.15) is 13.2 Å². The predicted octanol–water partition coefficient (Wildman–Crippen LogP) is 2.49. The number of carbonyl (C=O) groups is 1. The lowest BCUT2D eigenvalue weighted by Crippen LogP contribution is -2.54. The molecule has 1 aromatic rings. The van der Waals surface area contributed by atoms with Crippen LogP contribution in [0, 0.1) is 0 Å². The van der Waals surface area contributed by atoms with Gasteiger partial charge in [0.1, 0.15) is 5.54 Å². The van der Waals surface area contributed by atoms with Crippen LogP contribution in [0.1, 0.15) is 31.4 Å². The lowest BCUT2D eigenvalue weighted by Gasteiger charge is -2.32. The Balaban J connectivity index is 3.12. The molecule has 0 radical (unpaired) electrons. The molecule has 0 fully saturated rings. The summed E-state index contributed by atoms with van der Waals surface area (Å²) < 4.78 is 37.2. The average molecular weight is 288 g/mol. The minimum Gasteiger partial charge on any atom is -0.368 e. The molecule has 0 saturated heterocycles. The summed E-state index contributed by atoms with van der Waals surface area (Å²) in [6.45, 7) is 2.33. The summed E-state index contributed by atoms with van der Waals surface area (Å²) in [7, 11) is 0. The number of rotatable bonds is 6. The first-order valence-corrected chi connectivity index (χ1v) is 6.46. The van der Waals surface area contributed by atoms with Gasteiger partial charge in [0.2, 0.25) is 5.91 Å². The summed E-state index contributed by atoms with van der Waals surface area (Å²) in [5, 5.41) is 2.28. The maximum atomic E-state index is 12.4. The van der Waals surface area contributed by atoms with Gasteiger partial charge in [0.15, 0.2) is 0 Å². The van der Waals surface area contributed by atoms with E-state index in [4.69, 9.17) is 5.73 Å². The Morgan fingerprint density at radius 1 is 1.20 bits per heavy atom. The van der Waals surface area contributed by atoms with Crippen LogP contribution in [-0.2, 0) is 16.8 Å². The van der Waals surface area contributed by atoms with Crippen LogP contribution in [0.5, 0.6) is 0 Å². The van der Waals surface area contributed by atoms with E-state index in [0.717, 1.165) is 12.0 Å². The second-order valence-corrected chi connectivity index (χ2v) is 4.64. The van der Waals surface area contributed by atoms with E-state index >= 15 is 0 Å². The second-order valence-electron chi connectivity index (χ2n) is 4.64. The summed E-state index contributed by atoms with van der Waals surface area (Å²) in [4.78, 5) is 11.7. The van der Waals surface area contributed by atoms with Crippen LogP contribution in [0.25, 0.3) is 0 Å². The molecule has 0 bridgehead atoms. The summed E-state index contributed by atoms with van der Waals surface area (Å²) in [6, 6.07) is 6.88. The maximum Gasteiger partial charge on any atom is 0.401 e. The minimum absolute atomic E-state index is 0.143. The largest absolute Gasteiger partial charge is 0.401 e. The van der Waals surface area contributed by atoms with Crippen LogP contribution in [0.2, 0.25) is 0 Å². The van der Waals surface area contributed by atoms with Gasteiger partial charge in [0.25, 0.3) is 0 Å². The number of halogens is 3. The Morgan fingerprint density at radius 2 is 1.75 bits per heavy atom. The number of nitrogens with one attached hydrogen (secondary N) is 1. The van der Waals surface area contributed by atoms with E-state index in [1.165, 1.54) is 0 Å². The number of hydrogen-bond acceptors (Lipinski definition) is 2. The number of nitrogens with two attached hydrogens (primary N) is 1. The van der Waals surface area contributed by atoms with Gasteiger partial charge in [0.05, 0.1) is 6.54 Å². The van der Waals surface area contributed by atoms with E-state index in [1.807, 2.05) is 6.92 Å². The highest BCUT2D eigenvalue weighted by Gasteiger charge is 2.40. The number of primary amides is 1. The summed E-state index contributed by atoms with van der Waals surface area (Å²) in [5.41, 5.74) is 5.34. The fraction of sp³-hybridized carbons (Fsp3) is 0.500. The summed E-state index contributed by atoms with van der Waals surface area (Å²) >= 11 is 0. The molecule has 0 aliphatic rings. The smallest absolute Gasteiger partial charge is 0.368 e. The first-order chi connectivity index (χ1) is 9.25. The van der Waals surface area contributed by atoms with Crippen LogP contribution in [0.3, 0.4) is 0 Å². The molecule has 20 heavy (non-hydrogen) atoms. The monoisotopic (exact) mass is 288 g/mol. The van der Waals surface area contributed by atoms with Crippen LogP contribution < -0.4 is 11.1 Å². The molecule has 6 heteroatoms. The van der Waals surface area contributed by atoms with Gasteiger partial charge in [-0.15, -0.1) is 0 Å². The van der Waals surface area contributed by atoms with E-state index in [2.05, 4.69) is 5.32 Å². The average Bonchev–Trinajstić information content (AvgIpc) is 2.39. The number of aryl methyl sites for hydroxylation is 1. The molecule has 0 aliphatic heterocycles. The third-order valence-corrected chi connectivity index (χ3v) is 3.40. The highest BCUT2D eigenvalue weighted by atomic mass is 19.4. The van der Waals surface area contributed by atoms with E-state index in [-0.39, 0.29) is 6.42 Å². The van der Waals surface area contributed by atoms with Crippen LogP contribution in [0.4, 0.5) is 13.2 Å². The molecule has 1 rings (SSSR count). The standard InChI is InChI=1S/C14H19F3N2O/c1-3-10-5-7-11(8-6-10)13(4-2,12(18)20)19-9-14(15,16)17/h5-8,19H,3-4,9H2,1-2H3,(H2,18,20). The Hall–Kier alpha value is -1.56. The summed E-state index contributed by atoms with van der Waals surface area (Å²) in [6.07, 6.45) is -3.45. The Kier molecular flexibility index (Phi) is 5.16. The number of hydrogen-bond donors (Lipinski definition) is 2. The van der Waals surface area contributed by atoms with Gasteiger partial charge in [0, 0.05) is 0 Å². The molecule has 1 aromatic carbocycles. The van der Waals surface area contributed by atoms with Gasteiger partial charge < -0.3 is 5.73 Å². The van der Waals surface area contributed by atoms with Gasteiger partial charge in [-0.3, -0.25) is 10.1 Å². The normalized spacial score (nSPS) is 14.8. The molecule has 0 aliphatic carbocycles. The van der Waals surface area contributed by atoms with Crippen LogP contribution in [0.15, 0.2) is 24.3 Å². The van der Waals surface area contributed by atoms with E-state index in [9.17, 15) is 18.0 Å². The molecule has 1 amide bonds. The fourth-order valence-corrected chi connectivity index (χ4v) is 2.11. The fourth-order valence-electron chi connectivity index (χ4n) is 2.11. The molecule has 3 nitrogen and oxygen atoms in total. The van der Waals surface area contributed by atoms with Crippen molar-refractivity contribution in [3.05, 3.63) is 35.4 Å². The SMILES string of the molecule is CCc1ccc(C(CC)(NCC(F)(F)F)C(N)=O)cc1. The van der Waals surface area contributed by atoms with Gasteiger partial charge >= 0.3 is 6.18 Å². The summed E-state index contributed by atoms with van der Waals surface area (Å²) in [5.74, 6) is -0.812. The number of carbonyl (C=O) groups excluding carboxylic acids is 1. The molecule has 1 atom stereocenters. The van der Waals surface area contributed by atoms with Crippen LogP contribution in [-0.4, -0.2) is 18.6 Å². The lowest BCUT2D eigenvalue weighted by atomic mass is 9.85. The quantitative estimate of drug-likeness (QED) is 0.845. The zero-order valence-corrected chi connectivity index (χ0v) is 11.6. The van der Waals surface area contributed by atoms with Crippen molar-refractivity contribution < 1.29 is 18.0 Å². The van der Waals surface area contributed by atoms with Crippen molar-refractivity contribution in [2.45, 2.75) is 38.4 Å². The van der Waals surface area contributed by atoms with Gasteiger partial charge in [-0.05, 0) is 24.0 Å². The molecule has 0 heterocycles. The molecule has 1 unspecified atom stereocenters. The first-order valence-electron chi connectivity index (χ1n) is 6.46. The number of amides is 1. The molecule has 3 N–H and O–H groups in total. The van der Waals surface area contributed by atoms with Gasteiger partial charge in [-0.1, -0.05) is 38.1 Å². The predicted molar refractivity (Wildman–Crippen MR) is 71.0 cm³/mol. The van der Waals surface area contributed by atoms with Crippen molar-refractivity contribution in [1.82, 2.24) is 5.32 Å². The molecule has 0 spiro atoms. The van der Waals surface area contributed by atoms with Crippen molar-refractivity contribution in [2.75, 3.05) is 6.54 Å². The topological polar surface area (TPSA) is 55.1 Å². The highest BCUT2D eigenvalue weighted by molar-refractivity contribution is 5.86.